The van der Waals surface area contributed by atoms with Gasteiger partial charge in [-0.3, -0.25) is 4.79 Å². The molecule has 3 nitrogen and oxygen atoms in total. The first kappa shape index (κ1) is 10.5. The van der Waals surface area contributed by atoms with Crippen molar-refractivity contribution in [3.05, 3.63) is 0 Å². The van der Waals surface area contributed by atoms with Gasteiger partial charge in [0.1, 0.15) is 6.10 Å². The van der Waals surface area contributed by atoms with E-state index in [9.17, 15) is 4.79 Å². The van der Waals surface area contributed by atoms with Gasteiger partial charge in [0, 0.05) is 24.9 Å². The fourth-order valence-electron chi connectivity index (χ4n) is 2.16. The fraction of sp³-hybridized carbons (Fsp3) is 0.900. The van der Waals surface area contributed by atoms with Crippen molar-refractivity contribution in [3.63, 3.8) is 0 Å². The molecule has 0 bridgehead atoms. The first-order valence-electron chi connectivity index (χ1n) is 4.84. The van der Waals surface area contributed by atoms with Gasteiger partial charge in [0.15, 0.2) is 0 Å². The average Bonchev–Trinajstić information content (AvgIpc) is 1.78. The fourth-order valence-corrected chi connectivity index (χ4v) is 2.16. The Morgan fingerprint density at radius 2 is 2.15 bits per heavy atom. The zero-order valence-electron chi connectivity index (χ0n) is 8.89. The lowest BCUT2D eigenvalue weighted by molar-refractivity contribution is -0.149. The number of hydrogen-bond donors (Lipinski definition) is 1. The van der Waals surface area contributed by atoms with Gasteiger partial charge >= 0.3 is 5.97 Å². The summed E-state index contributed by atoms with van der Waals surface area (Å²) < 4.78 is 5.22. The minimum atomic E-state index is -0.171. The van der Waals surface area contributed by atoms with Gasteiger partial charge in [-0.15, -0.1) is 0 Å². The monoisotopic (exact) mass is 185 g/mol. The maximum Gasteiger partial charge on any atom is 0.302 e. The molecule has 1 aliphatic heterocycles. The van der Waals surface area contributed by atoms with E-state index in [1.54, 1.807) is 0 Å². The van der Waals surface area contributed by atoms with E-state index in [0.717, 1.165) is 12.8 Å². The molecule has 1 fully saturated rings. The third-order valence-electron chi connectivity index (χ3n) is 2.32. The number of carbonyl (C=O) groups excluding carboxylic acids is 1. The molecule has 0 aromatic carbocycles. The molecule has 0 spiro atoms. The van der Waals surface area contributed by atoms with E-state index < -0.39 is 0 Å². The molecule has 2 atom stereocenters. The van der Waals surface area contributed by atoms with Crippen molar-refractivity contribution in [1.29, 1.82) is 0 Å². The van der Waals surface area contributed by atoms with Gasteiger partial charge < -0.3 is 10.1 Å². The molecule has 1 N–H and O–H groups in total. The Hall–Kier alpha value is -0.570. The lowest BCUT2D eigenvalue weighted by Gasteiger charge is -2.39. The Bertz CT molecular complexity index is 201. The van der Waals surface area contributed by atoms with Crippen LogP contribution in [0.3, 0.4) is 0 Å². The Balaban J connectivity index is 2.52. The predicted octanol–water partition coefficient (Wildman–Crippen LogP) is 1.47. The minimum absolute atomic E-state index is 0.0811. The highest BCUT2D eigenvalue weighted by atomic mass is 16.5. The van der Waals surface area contributed by atoms with Gasteiger partial charge in [-0.25, -0.2) is 0 Å². The number of carbonyl (C=O) groups is 1. The van der Waals surface area contributed by atoms with Gasteiger partial charge in [-0.05, 0) is 27.2 Å². The standard InChI is InChI=1S/C10H19NO2/c1-7-5-9(13-8(2)12)6-10(3,4)11-7/h7,9,11H,5-6H2,1-4H3. The summed E-state index contributed by atoms with van der Waals surface area (Å²) >= 11 is 0. The molecule has 0 saturated carbocycles. The predicted molar refractivity (Wildman–Crippen MR) is 51.5 cm³/mol. The minimum Gasteiger partial charge on any atom is -0.462 e. The molecule has 0 aliphatic carbocycles. The quantitative estimate of drug-likeness (QED) is 0.629. The molecular formula is C10H19NO2. The van der Waals surface area contributed by atoms with Crippen LogP contribution in [0.1, 0.15) is 40.5 Å². The number of hydrogen-bond acceptors (Lipinski definition) is 3. The first-order chi connectivity index (χ1) is 5.89. The summed E-state index contributed by atoms with van der Waals surface area (Å²) in [4.78, 5) is 10.8. The molecule has 0 aromatic rings. The van der Waals surface area contributed by atoms with E-state index in [1.165, 1.54) is 6.92 Å². The Kier molecular flexibility index (Phi) is 2.96. The maximum absolute atomic E-state index is 10.8. The lowest BCUT2D eigenvalue weighted by Crippen LogP contribution is -2.53. The van der Waals surface area contributed by atoms with Gasteiger partial charge in [-0.2, -0.15) is 0 Å². The number of esters is 1. The first-order valence-corrected chi connectivity index (χ1v) is 4.84. The summed E-state index contributed by atoms with van der Waals surface area (Å²) in [6, 6.07) is 0.424. The smallest absolute Gasteiger partial charge is 0.302 e. The Labute approximate surface area is 79.8 Å². The normalized spacial score (nSPS) is 32.6. The van der Waals surface area contributed by atoms with Gasteiger partial charge in [0.25, 0.3) is 0 Å². The molecule has 13 heavy (non-hydrogen) atoms. The van der Waals surface area contributed by atoms with Gasteiger partial charge in [0.2, 0.25) is 0 Å². The summed E-state index contributed by atoms with van der Waals surface area (Å²) in [5.74, 6) is -0.171. The molecule has 2 unspecified atom stereocenters. The third kappa shape index (κ3) is 3.35. The van der Waals surface area contributed by atoms with Crippen LogP contribution in [0, 0.1) is 0 Å². The van der Waals surface area contributed by atoms with Crippen molar-refractivity contribution in [2.45, 2.75) is 58.2 Å². The van der Waals surface area contributed by atoms with Crippen LogP contribution in [0.4, 0.5) is 0 Å². The van der Waals surface area contributed by atoms with Crippen molar-refractivity contribution >= 4 is 5.97 Å². The van der Waals surface area contributed by atoms with Crippen LogP contribution < -0.4 is 5.32 Å². The van der Waals surface area contributed by atoms with E-state index in [0.29, 0.717) is 6.04 Å². The summed E-state index contributed by atoms with van der Waals surface area (Å²) in [5.41, 5.74) is 0.0811. The second-order valence-corrected chi connectivity index (χ2v) is 4.60. The van der Waals surface area contributed by atoms with Crippen LogP contribution in [-0.4, -0.2) is 23.7 Å². The number of rotatable bonds is 1. The van der Waals surface area contributed by atoms with Crippen LogP contribution in [0.25, 0.3) is 0 Å². The Morgan fingerprint density at radius 3 is 2.62 bits per heavy atom. The summed E-state index contributed by atoms with van der Waals surface area (Å²) in [5, 5.41) is 3.47. The molecule has 1 saturated heterocycles. The van der Waals surface area contributed by atoms with Crippen LogP contribution in [0.2, 0.25) is 0 Å². The van der Waals surface area contributed by atoms with Gasteiger partial charge in [0.05, 0.1) is 0 Å². The number of piperidine rings is 1. The van der Waals surface area contributed by atoms with Crippen LogP contribution in [-0.2, 0) is 9.53 Å². The summed E-state index contributed by atoms with van der Waals surface area (Å²) in [6.45, 7) is 7.87. The maximum atomic E-state index is 10.8. The largest absolute Gasteiger partial charge is 0.462 e. The number of nitrogens with one attached hydrogen (secondary N) is 1. The second kappa shape index (κ2) is 3.66. The summed E-state index contributed by atoms with van der Waals surface area (Å²) in [6.07, 6.45) is 1.91. The van der Waals surface area contributed by atoms with E-state index in [4.69, 9.17) is 4.74 Å². The molecule has 0 aromatic heterocycles. The van der Waals surface area contributed by atoms with Crippen molar-refractivity contribution in [2.24, 2.45) is 0 Å². The molecular weight excluding hydrogens is 166 g/mol. The lowest BCUT2D eigenvalue weighted by atomic mass is 9.87. The van der Waals surface area contributed by atoms with Crippen LogP contribution in [0.15, 0.2) is 0 Å². The SMILES string of the molecule is CC(=O)OC1CC(C)NC(C)(C)C1. The second-order valence-electron chi connectivity index (χ2n) is 4.60. The van der Waals surface area contributed by atoms with Crippen LogP contribution in [0.5, 0.6) is 0 Å². The molecule has 1 rings (SSSR count). The van der Waals surface area contributed by atoms with Crippen molar-refractivity contribution in [3.8, 4) is 0 Å². The van der Waals surface area contributed by atoms with Crippen molar-refractivity contribution in [1.82, 2.24) is 5.32 Å². The molecule has 0 amide bonds. The molecule has 76 valence electrons. The van der Waals surface area contributed by atoms with E-state index >= 15 is 0 Å². The molecule has 0 radical (unpaired) electrons. The number of ether oxygens (including phenoxy) is 1. The zero-order valence-corrected chi connectivity index (χ0v) is 8.89. The highest BCUT2D eigenvalue weighted by Gasteiger charge is 2.32. The van der Waals surface area contributed by atoms with Crippen molar-refractivity contribution < 1.29 is 9.53 Å². The summed E-state index contributed by atoms with van der Waals surface area (Å²) in [7, 11) is 0. The van der Waals surface area contributed by atoms with E-state index in [-0.39, 0.29) is 17.6 Å². The Morgan fingerprint density at radius 1 is 1.54 bits per heavy atom. The highest BCUT2D eigenvalue weighted by molar-refractivity contribution is 5.66. The zero-order chi connectivity index (χ0) is 10.1. The van der Waals surface area contributed by atoms with E-state index in [1.807, 2.05) is 0 Å². The average molecular weight is 185 g/mol. The molecule has 1 aliphatic rings. The third-order valence-corrected chi connectivity index (χ3v) is 2.32. The molecule has 1 heterocycles. The van der Waals surface area contributed by atoms with Crippen molar-refractivity contribution in [2.75, 3.05) is 0 Å². The van der Waals surface area contributed by atoms with Gasteiger partial charge in [-0.1, -0.05) is 0 Å². The van der Waals surface area contributed by atoms with Crippen LogP contribution >= 0.6 is 0 Å². The molecule has 3 heteroatoms. The topological polar surface area (TPSA) is 38.3 Å². The van der Waals surface area contributed by atoms with E-state index in [2.05, 4.69) is 26.1 Å². The highest BCUT2D eigenvalue weighted by Crippen LogP contribution is 2.24.